The van der Waals surface area contributed by atoms with E-state index in [1.54, 1.807) is 7.11 Å². The first-order chi connectivity index (χ1) is 8.23. The Hall–Kier alpha value is -1.55. The lowest BCUT2D eigenvalue weighted by molar-refractivity contribution is -0.148. The molecule has 1 fully saturated rings. The number of ether oxygens (including phenoxy) is 2. The molecule has 1 atom stereocenters. The average Bonchev–Trinajstić information content (AvgIpc) is 2.88. The van der Waals surface area contributed by atoms with Gasteiger partial charge in [-0.15, -0.1) is 0 Å². The lowest BCUT2D eigenvalue weighted by Crippen LogP contribution is -2.45. The molecule has 0 radical (unpaired) electrons. The Bertz CT molecular complexity index is 411. The highest BCUT2D eigenvalue weighted by molar-refractivity contribution is 5.83. The van der Waals surface area contributed by atoms with Crippen LogP contribution < -0.4 is 10.1 Å². The molecule has 4 nitrogen and oxygen atoms in total. The third kappa shape index (κ3) is 2.00. The number of methoxy groups -OCH3 is 2. The van der Waals surface area contributed by atoms with Crippen LogP contribution in [0.3, 0.4) is 0 Å². The average molecular weight is 235 g/mol. The van der Waals surface area contributed by atoms with Gasteiger partial charge in [0.15, 0.2) is 0 Å². The van der Waals surface area contributed by atoms with Crippen molar-refractivity contribution >= 4 is 5.97 Å². The van der Waals surface area contributed by atoms with Crippen LogP contribution in [0, 0.1) is 0 Å². The van der Waals surface area contributed by atoms with Gasteiger partial charge in [0.05, 0.1) is 14.2 Å². The van der Waals surface area contributed by atoms with E-state index in [-0.39, 0.29) is 5.97 Å². The van der Waals surface area contributed by atoms with Gasteiger partial charge in [0.2, 0.25) is 0 Å². The van der Waals surface area contributed by atoms with Crippen LogP contribution in [0.15, 0.2) is 24.3 Å². The van der Waals surface area contributed by atoms with Gasteiger partial charge in [-0.25, -0.2) is 4.79 Å². The zero-order valence-electron chi connectivity index (χ0n) is 10.2. The van der Waals surface area contributed by atoms with E-state index < -0.39 is 5.54 Å². The van der Waals surface area contributed by atoms with Crippen molar-refractivity contribution in [3.63, 3.8) is 0 Å². The van der Waals surface area contributed by atoms with Gasteiger partial charge < -0.3 is 9.47 Å². The van der Waals surface area contributed by atoms with Gasteiger partial charge in [0.1, 0.15) is 11.3 Å². The third-order valence-corrected chi connectivity index (χ3v) is 3.25. The molecule has 0 amide bonds. The van der Waals surface area contributed by atoms with Crippen LogP contribution in [-0.4, -0.2) is 26.7 Å². The lowest BCUT2D eigenvalue weighted by Gasteiger charge is -2.27. The summed E-state index contributed by atoms with van der Waals surface area (Å²) in [5, 5.41) is 3.26. The normalized spacial score (nSPS) is 23.4. The maximum atomic E-state index is 12.0. The molecule has 1 heterocycles. The Morgan fingerprint density at radius 2 is 2.24 bits per heavy atom. The molecule has 17 heavy (non-hydrogen) atoms. The van der Waals surface area contributed by atoms with Crippen LogP contribution in [0.1, 0.15) is 18.4 Å². The van der Waals surface area contributed by atoms with Crippen LogP contribution in [-0.2, 0) is 15.1 Å². The molecular formula is C13H17NO3. The van der Waals surface area contributed by atoms with Crippen LogP contribution in [0.5, 0.6) is 5.75 Å². The van der Waals surface area contributed by atoms with Gasteiger partial charge in [-0.2, -0.15) is 0 Å². The smallest absolute Gasteiger partial charge is 0.330 e. The summed E-state index contributed by atoms with van der Waals surface area (Å²) in [4.78, 5) is 12.0. The summed E-state index contributed by atoms with van der Waals surface area (Å²) in [5.74, 6) is 0.516. The van der Waals surface area contributed by atoms with Crippen LogP contribution in [0.2, 0.25) is 0 Å². The van der Waals surface area contributed by atoms with Gasteiger partial charge in [0, 0.05) is 0 Å². The number of esters is 1. The highest BCUT2D eigenvalue weighted by atomic mass is 16.5. The minimum absolute atomic E-state index is 0.233. The standard InChI is InChI=1S/C13H17NO3/c1-16-11-6-3-5-10(9-11)13(12(15)17-2)7-4-8-14-13/h3,5-6,9,14H,4,7-8H2,1-2H3. The second-order valence-electron chi connectivity index (χ2n) is 4.16. The van der Waals surface area contributed by atoms with Gasteiger partial charge in [0.25, 0.3) is 0 Å². The molecule has 0 aromatic heterocycles. The molecular weight excluding hydrogens is 218 g/mol. The van der Waals surface area contributed by atoms with Crippen molar-refractivity contribution in [3.05, 3.63) is 29.8 Å². The summed E-state index contributed by atoms with van der Waals surface area (Å²) in [6.07, 6.45) is 1.72. The summed E-state index contributed by atoms with van der Waals surface area (Å²) < 4.78 is 10.1. The first kappa shape index (κ1) is 11.9. The zero-order valence-corrected chi connectivity index (χ0v) is 10.2. The van der Waals surface area contributed by atoms with Gasteiger partial charge in [-0.05, 0) is 37.1 Å². The van der Waals surface area contributed by atoms with E-state index >= 15 is 0 Å². The number of hydrogen-bond donors (Lipinski definition) is 1. The van der Waals surface area contributed by atoms with Crippen molar-refractivity contribution < 1.29 is 14.3 Å². The third-order valence-electron chi connectivity index (χ3n) is 3.25. The van der Waals surface area contributed by atoms with E-state index in [4.69, 9.17) is 9.47 Å². The molecule has 1 aliphatic heterocycles. The maximum absolute atomic E-state index is 12.0. The Morgan fingerprint density at radius 3 is 2.82 bits per heavy atom. The fourth-order valence-electron chi connectivity index (χ4n) is 2.34. The largest absolute Gasteiger partial charge is 0.497 e. The van der Waals surface area contributed by atoms with E-state index in [0.29, 0.717) is 0 Å². The Labute approximate surface area is 101 Å². The van der Waals surface area contributed by atoms with Crippen molar-refractivity contribution in [2.24, 2.45) is 0 Å². The van der Waals surface area contributed by atoms with Gasteiger partial charge in [-0.3, -0.25) is 5.32 Å². The molecule has 4 heteroatoms. The van der Waals surface area contributed by atoms with Crippen LogP contribution in [0.25, 0.3) is 0 Å². The monoisotopic (exact) mass is 235 g/mol. The molecule has 1 aliphatic rings. The molecule has 0 aliphatic carbocycles. The highest BCUT2D eigenvalue weighted by Gasteiger charge is 2.43. The van der Waals surface area contributed by atoms with E-state index in [9.17, 15) is 4.79 Å². The van der Waals surface area contributed by atoms with Crippen molar-refractivity contribution in [2.45, 2.75) is 18.4 Å². The minimum Gasteiger partial charge on any atom is -0.497 e. The first-order valence-corrected chi connectivity index (χ1v) is 5.71. The Balaban J connectivity index is 2.42. The van der Waals surface area contributed by atoms with Crippen molar-refractivity contribution in [2.75, 3.05) is 20.8 Å². The lowest BCUT2D eigenvalue weighted by atomic mass is 9.88. The number of nitrogens with one attached hydrogen (secondary N) is 1. The number of rotatable bonds is 3. The maximum Gasteiger partial charge on any atom is 0.330 e. The predicted molar refractivity (Wildman–Crippen MR) is 63.9 cm³/mol. The molecule has 0 spiro atoms. The first-order valence-electron chi connectivity index (χ1n) is 5.71. The molecule has 1 unspecified atom stereocenters. The second-order valence-corrected chi connectivity index (χ2v) is 4.16. The fourth-order valence-corrected chi connectivity index (χ4v) is 2.34. The number of hydrogen-bond acceptors (Lipinski definition) is 4. The summed E-state index contributed by atoms with van der Waals surface area (Å²) >= 11 is 0. The van der Waals surface area contributed by atoms with E-state index in [0.717, 1.165) is 30.7 Å². The molecule has 0 saturated carbocycles. The molecule has 1 N–H and O–H groups in total. The molecule has 2 rings (SSSR count). The topological polar surface area (TPSA) is 47.6 Å². The molecule has 92 valence electrons. The highest BCUT2D eigenvalue weighted by Crippen LogP contribution is 2.33. The number of carbonyl (C=O) groups excluding carboxylic acids is 1. The predicted octanol–water partition coefficient (Wildman–Crippen LogP) is 1.45. The van der Waals surface area contributed by atoms with E-state index in [1.165, 1.54) is 7.11 Å². The van der Waals surface area contributed by atoms with Crippen LogP contribution in [0.4, 0.5) is 0 Å². The molecule has 1 aromatic rings. The quantitative estimate of drug-likeness (QED) is 0.805. The number of benzene rings is 1. The summed E-state index contributed by atoms with van der Waals surface area (Å²) in [5.41, 5.74) is 0.199. The Morgan fingerprint density at radius 1 is 1.41 bits per heavy atom. The van der Waals surface area contributed by atoms with Gasteiger partial charge >= 0.3 is 5.97 Å². The second kappa shape index (κ2) is 4.75. The van der Waals surface area contributed by atoms with Gasteiger partial charge in [-0.1, -0.05) is 12.1 Å². The zero-order chi connectivity index (χ0) is 12.3. The van der Waals surface area contributed by atoms with Crippen molar-refractivity contribution in [1.82, 2.24) is 5.32 Å². The van der Waals surface area contributed by atoms with Crippen molar-refractivity contribution in [1.29, 1.82) is 0 Å². The fraction of sp³-hybridized carbons (Fsp3) is 0.462. The minimum atomic E-state index is -0.705. The van der Waals surface area contributed by atoms with Crippen LogP contribution >= 0.6 is 0 Å². The summed E-state index contributed by atoms with van der Waals surface area (Å²) in [7, 11) is 3.04. The SMILES string of the molecule is COC(=O)C1(c2cccc(OC)c2)CCCN1. The van der Waals surface area contributed by atoms with E-state index in [1.807, 2.05) is 24.3 Å². The van der Waals surface area contributed by atoms with E-state index in [2.05, 4.69) is 5.32 Å². The molecule has 1 saturated heterocycles. The van der Waals surface area contributed by atoms with Crippen molar-refractivity contribution in [3.8, 4) is 5.75 Å². The summed E-state index contributed by atoms with van der Waals surface area (Å²) in [6.45, 7) is 0.826. The molecule has 0 bridgehead atoms. The number of carbonyl (C=O) groups is 1. The summed E-state index contributed by atoms with van der Waals surface area (Å²) in [6, 6.07) is 7.56. The molecule has 1 aromatic carbocycles. The Kier molecular flexibility index (Phi) is 3.33.